The molecule has 0 aliphatic heterocycles. The third-order valence-corrected chi connectivity index (χ3v) is 2.43. The molecule has 0 aliphatic carbocycles. The van der Waals surface area contributed by atoms with Gasteiger partial charge in [-0.2, -0.15) is 187 Å². The van der Waals surface area contributed by atoms with Gasteiger partial charge in [-0.1, -0.05) is 0 Å². The molecule has 0 spiro atoms. The fraction of sp³-hybridized carbons (Fsp3) is 0.188. The molecule has 4 aromatic rings. The first-order valence-electron chi connectivity index (χ1n) is 10.6. The van der Waals surface area contributed by atoms with Gasteiger partial charge in [0.25, 0.3) is 0 Å². The molecule has 0 saturated carbocycles. The van der Waals surface area contributed by atoms with Crippen molar-refractivity contribution in [1.29, 1.82) is 0 Å². The Balaban J connectivity index is -0.000000102. The van der Waals surface area contributed by atoms with E-state index >= 15 is 0 Å². The first-order valence-corrected chi connectivity index (χ1v) is 10.6. The average molecular weight is 536 g/mol. The zero-order valence-electron chi connectivity index (χ0n) is 22.0. The van der Waals surface area contributed by atoms with E-state index in [1.54, 1.807) is 0 Å². The smallest absolute Gasteiger partial charge is 0.412 e. The Morgan fingerprint density at radius 2 is 0.429 bits per heavy atom. The molecule has 0 aromatic heterocycles. The van der Waals surface area contributed by atoms with Gasteiger partial charge in [-0.15, -0.1) is 0 Å². The summed E-state index contributed by atoms with van der Waals surface area (Å²) < 4.78 is 0. The van der Waals surface area contributed by atoms with E-state index in [1.807, 2.05) is 121 Å². The van der Waals surface area contributed by atoms with Gasteiger partial charge in [0.1, 0.15) is 0 Å². The predicted molar refractivity (Wildman–Crippen MR) is 145 cm³/mol. The Bertz CT molecular complexity index is 506. The maximum atomic E-state index is 2.89. The van der Waals surface area contributed by atoms with Gasteiger partial charge >= 0.3 is 43.4 Å². The number of benzene rings is 4. The average Bonchev–Trinajstić information content (AvgIpc) is 2.84. The minimum Gasteiger partial charge on any atom is -0.412 e. The molecular weight excluding hydrogens is 496 g/mol. The van der Waals surface area contributed by atoms with Crippen LogP contribution < -0.4 is 0 Å². The summed E-state index contributed by atoms with van der Waals surface area (Å²) >= 11 is 0. The van der Waals surface area contributed by atoms with Crippen molar-refractivity contribution >= 4 is 0 Å². The molecule has 4 rings (SSSR count). The first kappa shape index (κ1) is 43.3. The zero-order valence-corrected chi connectivity index (χ0v) is 25.2. The molecular formula is C32H40OTi2. The van der Waals surface area contributed by atoms with Crippen LogP contribution in [0.3, 0.4) is 0 Å². The molecule has 0 unspecified atom stereocenters. The van der Waals surface area contributed by atoms with Gasteiger partial charge in [0, 0.05) is 0 Å². The van der Waals surface area contributed by atoms with Gasteiger partial charge < -0.3 is 17.3 Å². The van der Waals surface area contributed by atoms with Crippen molar-refractivity contribution in [1.82, 2.24) is 0 Å². The summed E-state index contributed by atoms with van der Waals surface area (Å²) in [5.74, 6) is 2.83. The molecule has 35 heavy (non-hydrogen) atoms. The van der Waals surface area contributed by atoms with Crippen LogP contribution >= 0.6 is 0 Å². The maximum absolute atomic E-state index is 2.89. The molecule has 2 N–H and O–H groups in total. The van der Waals surface area contributed by atoms with E-state index in [2.05, 4.69) is 65.8 Å². The summed E-state index contributed by atoms with van der Waals surface area (Å²) in [5, 5.41) is 0. The first-order chi connectivity index (χ1) is 15.5. The van der Waals surface area contributed by atoms with Crippen molar-refractivity contribution in [2.24, 2.45) is 0 Å². The van der Waals surface area contributed by atoms with Gasteiger partial charge in [0.05, 0.1) is 0 Å². The molecule has 1 nitrogen and oxygen atoms in total. The summed E-state index contributed by atoms with van der Waals surface area (Å²) in [6.45, 7) is 12.5. The van der Waals surface area contributed by atoms with Crippen LogP contribution in [0.15, 0.2) is 121 Å². The molecule has 182 valence electrons. The van der Waals surface area contributed by atoms with Crippen molar-refractivity contribution < 1.29 is 48.9 Å². The predicted octanol–water partition coefficient (Wildman–Crippen LogP) is 8.36. The van der Waals surface area contributed by atoms with Crippen molar-refractivity contribution in [2.45, 2.75) is 41.5 Å². The maximum Gasteiger partial charge on any atom is 3.00 e. The molecule has 0 bridgehead atoms. The second kappa shape index (κ2) is 39.5. The van der Waals surface area contributed by atoms with Crippen molar-refractivity contribution in [3.63, 3.8) is 0 Å². The standard InChI is InChI=1S/4C6H5.2C4H9.H2O.2Ti/c4*1-2-4-6-5-3-1;2*1-4(2)3;;;/h4*1-5H;2*1-3H3;1H2;;/q6*-1;;2*+3. The summed E-state index contributed by atoms with van der Waals surface area (Å²) in [4.78, 5) is 0. The van der Waals surface area contributed by atoms with E-state index in [1.165, 1.54) is 11.8 Å². The van der Waals surface area contributed by atoms with Crippen molar-refractivity contribution in [3.8, 4) is 0 Å². The van der Waals surface area contributed by atoms with Crippen molar-refractivity contribution in [3.05, 3.63) is 157 Å². The Morgan fingerprint density at radius 1 is 0.314 bits per heavy atom. The number of hydrogen-bond acceptors (Lipinski definition) is 0. The summed E-state index contributed by atoms with van der Waals surface area (Å²) in [5.41, 5.74) is 0. The quantitative estimate of drug-likeness (QED) is 0.160. The second-order valence-corrected chi connectivity index (χ2v) is 7.31. The minimum atomic E-state index is 0. The topological polar surface area (TPSA) is 31.5 Å². The van der Waals surface area contributed by atoms with Gasteiger partial charge in [0.15, 0.2) is 0 Å². The van der Waals surface area contributed by atoms with Crippen LogP contribution in [0.2, 0.25) is 0 Å². The Morgan fingerprint density at radius 3 is 0.457 bits per heavy atom. The molecule has 3 heteroatoms. The third kappa shape index (κ3) is 59.6. The van der Waals surface area contributed by atoms with Crippen LogP contribution in [0.5, 0.6) is 0 Å². The van der Waals surface area contributed by atoms with E-state index in [4.69, 9.17) is 0 Å². The van der Waals surface area contributed by atoms with E-state index < -0.39 is 0 Å². The summed E-state index contributed by atoms with van der Waals surface area (Å²) in [6, 6.07) is 50.0. The second-order valence-electron chi connectivity index (χ2n) is 7.31. The summed E-state index contributed by atoms with van der Waals surface area (Å²) in [6.07, 6.45) is 0. The Hall–Kier alpha value is -1.73. The van der Waals surface area contributed by atoms with Crippen LogP contribution in [0.4, 0.5) is 0 Å². The van der Waals surface area contributed by atoms with Crippen LogP contribution in [0.1, 0.15) is 41.5 Å². The molecule has 0 saturated heterocycles. The van der Waals surface area contributed by atoms with E-state index in [0.717, 1.165) is 0 Å². The van der Waals surface area contributed by atoms with Gasteiger partial charge in [-0.05, 0) is 0 Å². The van der Waals surface area contributed by atoms with Crippen molar-refractivity contribution in [2.75, 3.05) is 0 Å². The Labute approximate surface area is 246 Å². The third-order valence-electron chi connectivity index (χ3n) is 2.43. The monoisotopic (exact) mass is 536 g/mol. The van der Waals surface area contributed by atoms with Crippen LogP contribution in [0, 0.1) is 36.1 Å². The largest absolute Gasteiger partial charge is 3.00 e. The zero-order chi connectivity index (χ0) is 24.1. The molecule has 0 aliphatic rings. The fourth-order valence-corrected chi connectivity index (χ4v) is 1.37. The minimum absolute atomic E-state index is 0. The number of hydrogen-bond donors (Lipinski definition) is 0. The van der Waals surface area contributed by atoms with E-state index in [-0.39, 0.29) is 48.9 Å². The Kier molecular flexibility index (Phi) is 48.9. The molecule has 0 heterocycles. The van der Waals surface area contributed by atoms with Crippen LogP contribution in [-0.4, -0.2) is 5.48 Å². The summed E-state index contributed by atoms with van der Waals surface area (Å²) in [7, 11) is 0. The molecule has 0 amide bonds. The van der Waals surface area contributed by atoms with Gasteiger partial charge in [-0.25, -0.2) is 0 Å². The normalized spacial score (nSPS) is 7.54. The SMILES string of the molecule is C[C-](C)C.C[C-](C)C.O.[Ti+3].[Ti+3].[c-]1ccccc1.[c-]1ccccc1.[c-]1ccccc1.[c-]1ccccc1. The van der Waals surface area contributed by atoms with Gasteiger partial charge in [0.2, 0.25) is 0 Å². The van der Waals surface area contributed by atoms with Crippen LogP contribution in [0.25, 0.3) is 0 Å². The number of rotatable bonds is 0. The molecule has 4 aromatic carbocycles. The molecule has 0 fully saturated rings. The fourth-order valence-electron chi connectivity index (χ4n) is 1.37. The molecule has 0 atom stereocenters. The molecule has 2 radical (unpaired) electrons. The van der Waals surface area contributed by atoms with Gasteiger partial charge in [-0.3, -0.25) is 0 Å². The van der Waals surface area contributed by atoms with E-state index in [0.29, 0.717) is 0 Å². The van der Waals surface area contributed by atoms with Crippen LogP contribution in [-0.2, 0) is 43.4 Å². The van der Waals surface area contributed by atoms with E-state index in [9.17, 15) is 0 Å².